The van der Waals surface area contributed by atoms with Crippen LogP contribution in [0.4, 0.5) is 0 Å². The maximum Gasteiger partial charge on any atom is 0.328 e. The van der Waals surface area contributed by atoms with Crippen LogP contribution in [-0.2, 0) is 26.0 Å². The van der Waals surface area contributed by atoms with E-state index in [1.807, 2.05) is 37.3 Å². The monoisotopic (exact) mass is 403 g/mol. The van der Waals surface area contributed by atoms with Gasteiger partial charge in [0, 0.05) is 13.5 Å². The lowest BCUT2D eigenvalue weighted by Crippen LogP contribution is -2.50. The minimum Gasteiger partial charge on any atom is -0.464 e. The quantitative estimate of drug-likeness (QED) is 0.419. The molecular formula is C20H25N3O4S. The average molecular weight is 404 g/mol. The third-order valence-corrected chi connectivity index (χ3v) is 5.31. The number of carbonyl (C=O) groups excluding carboxylic acids is 1. The van der Waals surface area contributed by atoms with Gasteiger partial charge in [-0.1, -0.05) is 48.0 Å². The van der Waals surface area contributed by atoms with Crippen LogP contribution in [0.25, 0.3) is 0 Å². The number of aryl methyl sites for hydroxylation is 1. The van der Waals surface area contributed by atoms with Gasteiger partial charge < -0.3 is 10.1 Å². The minimum atomic E-state index is -3.84. The van der Waals surface area contributed by atoms with Crippen molar-refractivity contribution < 1.29 is 17.9 Å². The fourth-order valence-corrected chi connectivity index (χ4v) is 3.51. The fourth-order valence-electron chi connectivity index (χ4n) is 2.49. The second-order valence-electron chi connectivity index (χ2n) is 6.13. The number of nitrogens with zero attached hydrogens (tertiary/aromatic N) is 1. The standard InChI is InChI=1S/C20H25N3O4S/c1-4-27-19(24)18(14-16-8-6-5-7-9-16)22-20(21-3)23-28(25,26)17-12-10-15(2)11-13-17/h5-13,18H,4,14H2,1-3H3,(H2,21,22,23). The summed E-state index contributed by atoms with van der Waals surface area (Å²) in [7, 11) is -2.40. The molecule has 1 unspecified atom stereocenters. The Kier molecular flexibility index (Phi) is 7.57. The van der Waals surface area contributed by atoms with Gasteiger partial charge in [-0.15, -0.1) is 0 Å². The summed E-state index contributed by atoms with van der Waals surface area (Å²) in [5.74, 6) is -0.517. The van der Waals surface area contributed by atoms with Crippen LogP contribution < -0.4 is 10.0 Å². The smallest absolute Gasteiger partial charge is 0.328 e. The zero-order chi connectivity index (χ0) is 20.6. The Morgan fingerprint density at radius 3 is 2.32 bits per heavy atom. The van der Waals surface area contributed by atoms with E-state index in [2.05, 4.69) is 15.0 Å². The number of benzene rings is 2. The second kappa shape index (κ2) is 9.89. The molecule has 0 spiro atoms. The molecule has 28 heavy (non-hydrogen) atoms. The molecule has 1 atom stereocenters. The largest absolute Gasteiger partial charge is 0.464 e. The van der Waals surface area contributed by atoms with E-state index < -0.39 is 22.0 Å². The molecule has 7 nitrogen and oxygen atoms in total. The average Bonchev–Trinajstić information content (AvgIpc) is 2.68. The Morgan fingerprint density at radius 1 is 1.11 bits per heavy atom. The number of hydrogen-bond donors (Lipinski definition) is 2. The van der Waals surface area contributed by atoms with Crippen molar-refractivity contribution in [2.24, 2.45) is 4.99 Å². The summed E-state index contributed by atoms with van der Waals surface area (Å²) < 4.78 is 32.7. The lowest BCUT2D eigenvalue weighted by atomic mass is 10.1. The van der Waals surface area contributed by atoms with Gasteiger partial charge in [0.2, 0.25) is 5.96 Å². The van der Waals surface area contributed by atoms with Gasteiger partial charge >= 0.3 is 5.97 Å². The molecule has 2 aromatic rings. The summed E-state index contributed by atoms with van der Waals surface area (Å²) in [5, 5.41) is 2.86. The van der Waals surface area contributed by atoms with Crippen LogP contribution in [0.1, 0.15) is 18.1 Å². The van der Waals surface area contributed by atoms with Crippen molar-refractivity contribution in [3.63, 3.8) is 0 Å². The molecule has 0 radical (unpaired) electrons. The van der Waals surface area contributed by atoms with Crippen molar-refractivity contribution >= 4 is 22.0 Å². The number of guanidine groups is 1. The maximum atomic E-state index is 12.6. The van der Waals surface area contributed by atoms with Crippen molar-refractivity contribution in [3.8, 4) is 0 Å². The van der Waals surface area contributed by atoms with Crippen LogP contribution in [0, 0.1) is 6.92 Å². The first-order chi connectivity index (χ1) is 13.4. The van der Waals surface area contributed by atoms with Crippen LogP contribution in [0.15, 0.2) is 64.5 Å². The normalized spacial score (nSPS) is 12.9. The number of hydrogen-bond acceptors (Lipinski definition) is 5. The predicted molar refractivity (Wildman–Crippen MR) is 109 cm³/mol. The molecule has 150 valence electrons. The molecule has 0 aromatic heterocycles. The van der Waals surface area contributed by atoms with Crippen molar-refractivity contribution in [3.05, 3.63) is 65.7 Å². The highest BCUT2D eigenvalue weighted by molar-refractivity contribution is 7.90. The summed E-state index contributed by atoms with van der Waals surface area (Å²) >= 11 is 0. The highest BCUT2D eigenvalue weighted by atomic mass is 32.2. The summed E-state index contributed by atoms with van der Waals surface area (Å²) in [6, 6.07) is 15.0. The fraction of sp³-hybridized carbons (Fsp3) is 0.300. The Balaban J connectivity index is 2.18. The van der Waals surface area contributed by atoms with E-state index in [9.17, 15) is 13.2 Å². The maximum absolute atomic E-state index is 12.6. The first-order valence-corrected chi connectivity index (χ1v) is 10.4. The van der Waals surface area contributed by atoms with E-state index in [1.54, 1.807) is 19.1 Å². The Hall–Kier alpha value is -2.87. The van der Waals surface area contributed by atoms with Gasteiger partial charge in [0.15, 0.2) is 0 Å². The molecule has 0 aliphatic rings. The summed E-state index contributed by atoms with van der Waals surface area (Å²) in [5.41, 5.74) is 1.86. The number of aliphatic imine (C=N–C) groups is 1. The number of esters is 1. The molecule has 2 rings (SSSR count). The Bertz CT molecular complexity index is 910. The molecule has 0 fully saturated rings. The van der Waals surface area contributed by atoms with E-state index in [-0.39, 0.29) is 17.5 Å². The third kappa shape index (κ3) is 6.09. The zero-order valence-electron chi connectivity index (χ0n) is 16.2. The van der Waals surface area contributed by atoms with E-state index in [1.165, 1.54) is 19.2 Å². The van der Waals surface area contributed by atoms with E-state index in [0.29, 0.717) is 6.42 Å². The van der Waals surface area contributed by atoms with Crippen molar-refractivity contribution in [2.45, 2.75) is 31.2 Å². The topological polar surface area (TPSA) is 96.9 Å². The van der Waals surface area contributed by atoms with Crippen LogP contribution in [0.3, 0.4) is 0 Å². The van der Waals surface area contributed by atoms with E-state index >= 15 is 0 Å². The number of sulfonamides is 1. The van der Waals surface area contributed by atoms with Crippen LogP contribution >= 0.6 is 0 Å². The first-order valence-electron chi connectivity index (χ1n) is 8.89. The molecule has 0 aliphatic heterocycles. The first kappa shape index (κ1) is 21.4. The van der Waals surface area contributed by atoms with Gasteiger partial charge in [-0.05, 0) is 31.5 Å². The predicted octanol–water partition coefficient (Wildman–Crippen LogP) is 2.02. The van der Waals surface area contributed by atoms with Crippen molar-refractivity contribution in [2.75, 3.05) is 13.7 Å². The van der Waals surface area contributed by atoms with E-state index in [4.69, 9.17) is 4.74 Å². The van der Waals surface area contributed by atoms with Crippen LogP contribution in [0.2, 0.25) is 0 Å². The minimum absolute atomic E-state index is 0.0328. The lowest BCUT2D eigenvalue weighted by molar-refractivity contribution is -0.145. The van der Waals surface area contributed by atoms with Crippen LogP contribution in [-0.4, -0.2) is 40.0 Å². The third-order valence-electron chi connectivity index (χ3n) is 3.95. The molecule has 0 saturated heterocycles. The SMILES string of the molecule is CCOC(=O)C(Cc1ccccc1)NC(=NC)NS(=O)(=O)c1ccc(C)cc1. The van der Waals surface area contributed by atoms with E-state index in [0.717, 1.165) is 11.1 Å². The summed E-state index contributed by atoms with van der Waals surface area (Å²) in [4.78, 5) is 16.4. The summed E-state index contributed by atoms with van der Waals surface area (Å²) in [6.45, 7) is 3.81. The van der Waals surface area contributed by atoms with Gasteiger partial charge in [-0.2, -0.15) is 0 Å². The number of carbonyl (C=O) groups is 1. The van der Waals surface area contributed by atoms with Crippen molar-refractivity contribution in [1.82, 2.24) is 10.0 Å². The Morgan fingerprint density at radius 2 is 1.75 bits per heavy atom. The van der Waals surface area contributed by atoms with Crippen LogP contribution in [0.5, 0.6) is 0 Å². The molecule has 0 aliphatic carbocycles. The highest BCUT2D eigenvalue weighted by Crippen LogP contribution is 2.10. The van der Waals surface area contributed by atoms with Gasteiger partial charge in [0.05, 0.1) is 11.5 Å². The summed E-state index contributed by atoms with van der Waals surface area (Å²) in [6.07, 6.45) is 0.324. The molecule has 2 aromatic carbocycles. The Labute approximate surface area is 165 Å². The molecular weight excluding hydrogens is 378 g/mol. The van der Waals surface area contributed by atoms with Gasteiger partial charge in [-0.25, -0.2) is 17.9 Å². The van der Waals surface area contributed by atoms with Gasteiger partial charge in [0.1, 0.15) is 6.04 Å². The van der Waals surface area contributed by atoms with Gasteiger partial charge in [-0.3, -0.25) is 4.99 Å². The highest BCUT2D eigenvalue weighted by Gasteiger charge is 2.24. The second-order valence-corrected chi connectivity index (χ2v) is 7.81. The number of ether oxygens (including phenoxy) is 1. The number of nitrogens with one attached hydrogen (secondary N) is 2. The molecule has 8 heteroatoms. The lowest BCUT2D eigenvalue weighted by Gasteiger charge is -2.20. The van der Waals surface area contributed by atoms with Gasteiger partial charge in [0.25, 0.3) is 10.0 Å². The molecule has 0 bridgehead atoms. The molecule has 0 saturated carbocycles. The molecule has 0 amide bonds. The molecule has 0 heterocycles. The molecule has 2 N–H and O–H groups in total. The van der Waals surface area contributed by atoms with Crippen molar-refractivity contribution in [1.29, 1.82) is 0 Å². The zero-order valence-corrected chi connectivity index (χ0v) is 17.0. The number of rotatable bonds is 7.